The molecule has 0 saturated carbocycles. The van der Waals surface area contributed by atoms with Gasteiger partial charge in [-0.05, 0) is 46.5 Å². The Hall–Kier alpha value is -1.68. The molecule has 0 spiro atoms. The predicted octanol–water partition coefficient (Wildman–Crippen LogP) is 3.83. The van der Waals surface area contributed by atoms with E-state index < -0.39 is 0 Å². The lowest BCUT2D eigenvalue weighted by atomic mass is 10.1. The van der Waals surface area contributed by atoms with Crippen LogP contribution in [0, 0.1) is 0 Å². The number of amides is 1. The molecule has 0 saturated heterocycles. The Bertz CT molecular complexity index is 554. The smallest absolute Gasteiger partial charge is 0.227 e. The third-order valence-electron chi connectivity index (χ3n) is 3.13. The average Bonchev–Trinajstić information content (AvgIpc) is 2.48. The maximum absolute atomic E-state index is 12.1. The number of hydrogen-bond donors (Lipinski definition) is 0. The molecule has 0 bridgehead atoms. The first-order valence-corrected chi connectivity index (χ1v) is 7.38. The van der Waals surface area contributed by atoms with Crippen molar-refractivity contribution in [2.45, 2.75) is 19.3 Å². The first kappa shape index (κ1) is 14.7. The molecule has 0 aliphatic carbocycles. The van der Waals surface area contributed by atoms with Gasteiger partial charge in [-0.25, -0.2) is 4.98 Å². The van der Waals surface area contributed by atoms with E-state index in [4.69, 9.17) is 0 Å². The lowest BCUT2D eigenvalue weighted by Gasteiger charge is -2.16. The van der Waals surface area contributed by atoms with Gasteiger partial charge in [0.2, 0.25) is 5.91 Å². The van der Waals surface area contributed by atoms with Gasteiger partial charge in [0.15, 0.2) is 0 Å². The molecule has 0 atom stereocenters. The number of hydrogen-bond acceptors (Lipinski definition) is 2. The van der Waals surface area contributed by atoms with Crippen LogP contribution in [0.25, 0.3) is 0 Å². The predicted molar refractivity (Wildman–Crippen MR) is 84.7 cm³/mol. The minimum atomic E-state index is 0.0933. The number of carbonyl (C=O) groups excluding carboxylic acids is 1. The standard InChI is InChI=1S/C16H17BrN2O/c1-19(15-11-10-14(17)12-18-15)16(20)9-5-8-13-6-3-2-4-7-13/h2-4,6-7,10-12H,5,8-9H2,1H3. The van der Waals surface area contributed by atoms with Gasteiger partial charge >= 0.3 is 0 Å². The molecule has 4 heteroatoms. The lowest BCUT2D eigenvalue weighted by molar-refractivity contribution is -0.118. The van der Waals surface area contributed by atoms with Crippen LogP contribution in [-0.4, -0.2) is 17.9 Å². The quantitative estimate of drug-likeness (QED) is 0.833. The van der Waals surface area contributed by atoms with Gasteiger partial charge < -0.3 is 0 Å². The highest BCUT2D eigenvalue weighted by Crippen LogP contribution is 2.15. The summed E-state index contributed by atoms with van der Waals surface area (Å²) in [4.78, 5) is 17.9. The number of nitrogens with zero attached hydrogens (tertiary/aromatic N) is 2. The van der Waals surface area contributed by atoms with Crippen molar-refractivity contribution in [3.8, 4) is 0 Å². The average molecular weight is 333 g/mol. The van der Waals surface area contributed by atoms with Gasteiger partial charge in [0, 0.05) is 24.1 Å². The van der Waals surface area contributed by atoms with Crippen LogP contribution in [-0.2, 0) is 11.2 Å². The molecule has 1 aromatic heterocycles. The van der Waals surface area contributed by atoms with Crippen molar-refractivity contribution < 1.29 is 4.79 Å². The fourth-order valence-electron chi connectivity index (χ4n) is 1.95. The second-order valence-electron chi connectivity index (χ2n) is 4.63. The number of aromatic nitrogens is 1. The number of benzene rings is 1. The zero-order valence-corrected chi connectivity index (χ0v) is 13.0. The molecule has 0 fully saturated rings. The minimum Gasteiger partial charge on any atom is -0.300 e. The molecule has 0 aliphatic rings. The van der Waals surface area contributed by atoms with E-state index in [9.17, 15) is 4.79 Å². The Labute approximate surface area is 127 Å². The van der Waals surface area contributed by atoms with Gasteiger partial charge in [-0.3, -0.25) is 9.69 Å². The number of halogens is 1. The van der Waals surface area contributed by atoms with Gasteiger partial charge in [-0.2, -0.15) is 0 Å². The Morgan fingerprint density at radius 3 is 2.60 bits per heavy atom. The monoisotopic (exact) mass is 332 g/mol. The van der Waals surface area contributed by atoms with Crippen LogP contribution in [0.5, 0.6) is 0 Å². The van der Waals surface area contributed by atoms with Crippen molar-refractivity contribution in [2.24, 2.45) is 0 Å². The summed E-state index contributed by atoms with van der Waals surface area (Å²) in [6.07, 6.45) is 4.00. The summed E-state index contributed by atoms with van der Waals surface area (Å²) < 4.78 is 0.908. The SMILES string of the molecule is CN(C(=O)CCCc1ccccc1)c1ccc(Br)cn1. The van der Waals surface area contributed by atoms with Gasteiger partial charge in [0.1, 0.15) is 5.82 Å². The molecular weight excluding hydrogens is 316 g/mol. The Kier molecular flexibility index (Phi) is 5.30. The fraction of sp³-hybridized carbons (Fsp3) is 0.250. The highest BCUT2D eigenvalue weighted by atomic mass is 79.9. The van der Waals surface area contributed by atoms with Crippen LogP contribution in [0.1, 0.15) is 18.4 Å². The summed E-state index contributed by atoms with van der Waals surface area (Å²) in [6.45, 7) is 0. The summed E-state index contributed by atoms with van der Waals surface area (Å²) in [5, 5.41) is 0. The molecule has 1 amide bonds. The molecule has 0 N–H and O–H groups in total. The van der Waals surface area contributed by atoms with E-state index in [0.29, 0.717) is 12.2 Å². The first-order chi connectivity index (χ1) is 9.66. The van der Waals surface area contributed by atoms with E-state index >= 15 is 0 Å². The van der Waals surface area contributed by atoms with Crippen molar-refractivity contribution in [1.82, 2.24) is 4.98 Å². The molecule has 20 heavy (non-hydrogen) atoms. The molecule has 1 aromatic carbocycles. The van der Waals surface area contributed by atoms with Gasteiger partial charge in [-0.15, -0.1) is 0 Å². The summed E-state index contributed by atoms with van der Waals surface area (Å²) in [7, 11) is 1.76. The maximum atomic E-state index is 12.1. The number of pyridine rings is 1. The van der Waals surface area contributed by atoms with E-state index in [2.05, 4.69) is 33.0 Å². The van der Waals surface area contributed by atoms with Crippen molar-refractivity contribution in [3.63, 3.8) is 0 Å². The number of rotatable bonds is 5. The largest absolute Gasteiger partial charge is 0.300 e. The highest BCUT2D eigenvalue weighted by molar-refractivity contribution is 9.10. The van der Waals surface area contributed by atoms with Crippen molar-refractivity contribution in [2.75, 3.05) is 11.9 Å². The van der Waals surface area contributed by atoms with E-state index in [1.807, 2.05) is 30.3 Å². The summed E-state index contributed by atoms with van der Waals surface area (Å²) in [5.74, 6) is 0.772. The van der Waals surface area contributed by atoms with E-state index in [1.54, 1.807) is 18.1 Å². The highest BCUT2D eigenvalue weighted by Gasteiger charge is 2.11. The molecular formula is C16H17BrN2O. The normalized spacial score (nSPS) is 10.3. The molecule has 0 aliphatic heterocycles. The zero-order valence-electron chi connectivity index (χ0n) is 11.4. The van der Waals surface area contributed by atoms with E-state index in [-0.39, 0.29) is 5.91 Å². The lowest BCUT2D eigenvalue weighted by Crippen LogP contribution is -2.26. The van der Waals surface area contributed by atoms with Crippen molar-refractivity contribution >= 4 is 27.7 Å². The second kappa shape index (κ2) is 7.20. The van der Waals surface area contributed by atoms with E-state index in [1.165, 1.54) is 5.56 Å². The third kappa shape index (κ3) is 4.17. The molecule has 104 valence electrons. The first-order valence-electron chi connectivity index (χ1n) is 6.59. The zero-order chi connectivity index (χ0) is 14.4. The number of carbonyl (C=O) groups is 1. The third-order valence-corrected chi connectivity index (χ3v) is 3.60. The maximum Gasteiger partial charge on any atom is 0.227 e. The van der Waals surface area contributed by atoms with Crippen molar-refractivity contribution in [3.05, 3.63) is 58.7 Å². The summed E-state index contributed by atoms with van der Waals surface area (Å²) >= 11 is 3.33. The Morgan fingerprint density at radius 1 is 1.20 bits per heavy atom. The Balaban J connectivity index is 1.84. The molecule has 0 unspecified atom stereocenters. The van der Waals surface area contributed by atoms with Gasteiger partial charge in [0.25, 0.3) is 0 Å². The minimum absolute atomic E-state index is 0.0933. The molecule has 2 aromatic rings. The van der Waals surface area contributed by atoms with E-state index in [0.717, 1.165) is 17.3 Å². The van der Waals surface area contributed by atoms with Crippen molar-refractivity contribution in [1.29, 1.82) is 0 Å². The van der Waals surface area contributed by atoms with Crippen LogP contribution < -0.4 is 4.90 Å². The van der Waals surface area contributed by atoms with Gasteiger partial charge in [0.05, 0.1) is 0 Å². The molecule has 1 heterocycles. The Morgan fingerprint density at radius 2 is 1.95 bits per heavy atom. The molecule has 0 radical (unpaired) electrons. The van der Waals surface area contributed by atoms with Gasteiger partial charge in [-0.1, -0.05) is 30.3 Å². The van der Waals surface area contributed by atoms with Crippen LogP contribution in [0.3, 0.4) is 0 Å². The summed E-state index contributed by atoms with van der Waals surface area (Å²) in [6, 6.07) is 13.9. The van der Waals surface area contributed by atoms with Crippen LogP contribution >= 0.6 is 15.9 Å². The van der Waals surface area contributed by atoms with Crippen LogP contribution in [0.15, 0.2) is 53.1 Å². The second-order valence-corrected chi connectivity index (χ2v) is 5.54. The number of aryl methyl sites for hydroxylation is 1. The van der Waals surface area contributed by atoms with Crippen LogP contribution in [0.4, 0.5) is 5.82 Å². The van der Waals surface area contributed by atoms with Crippen LogP contribution in [0.2, 0.25) is 0 Å². The molecule has 3 nitrogen and oxygen atoms in total. The fourth-order valence-corrected chi connectivity index (χ4v) is 2.18. The molecule has 2 rings (SSSR count). The number of anilines is 1. The topological polar surface area (TPSA) is 33.2 Å². The summed E-state index contributed by atoms with van der Waals surface area (Å²) in [5.41, 5.74) is 1.27.